The zero-order valence-electron chi connectivity index (χ0n) is 13.9. The summed E-state index contributed by atoms with van der Waals surface area (Å²) in [6.45, 7) is 4.09. The summed E-state index contributed by atoms with van der Waals surface area (Å²) in [5, 5.41) is 3.45. The summed E-state index contributed by atoms with van der Waals surface area (Å²) in [6.07, 6.45) is 8.02. The maximum Gasteiger partial charge on any atom is 0.129 e. The molecule has 0 unspecified atom stereocenters. The number of nitrogens with one attached hydrogen (secondary N) is 1. The van der Waals surface area contributed by atoms with E-state index in [2.05, 4.69) is 47.6 Å². The van der Waals surface area contributed by atoms with Gasteiger partial charge in [0.2, 0.25) is 0 Å². The molecular formula is C19H24N2OS. The average molecular weight is 328 g/mol. The SMILES string of the molecule is COc1ccc(C)cc1CSC1=CCCC=C1C1=NCCCN1. The lowest BCUT2D eigenvalue weighted by Gasteiger charge is -2.22. The zero-order valence-corrected chi connectivity index (χ0v) is 14.7. The summed E-state index contributed by atoms with van der Waals surface area (Å²) in [5.74, 6) is 2.96. The summed E-state index contributed by atoms with van der Waals surface area (Å²) in [6, 6.07) is 6.37. The number of rotatable bonds is 5. The van der Waals surface area contributed by atoms with E-state index in [0.29, 0.717) is 0 Å². The molecule has 1 aliphatic heterocycles. The molecule has 1 heterocycles. The van der Waals surface area contributed by atoms with E-state index < -0.39 is 0 Å². The number of hydrogen-bond donors (Lipinski definition) is 1. The second kappa shape index (κ2) is 7.73. The minimum Gasteiger partial charge on any atom is -0.496 e. The first-order valence-electron chi connectivity index (χ1n) is 8.23. The highest BCUT2D eigenvalue weighted by molar-refractivity contribution is 8.02. The van der Waals surface area contributed by atoms with Gasteiger partial charge in [0.05, 0.1) is 7.11 Å². The molecule has 2 aliphatic rings. The topological polar surface area (TPSA) is 33.6 Å². The maximum atomic E-state index is 5.50. The number of nitrogens with zero attached hydrogens (tertiary/aromatic N) is 1. The molecule has 0 saturated heterocycles. The summed E-state index contributed by atoms with van der Waals surface area (Å²) in [4.78, 5) is 6.01. The first-order chi connectivity index (χ1) is 11.3. The molecule has 0 radical (unpaired) electrons. The van der Waals surface area contributed by atoms with Crippen molar-refractivity contribution in [3.63, 3.8) is 0 Å². The normalized spacial score (nSPS) is 17.7. The summed E-state index contributed by atoms with van der Waals surface area (Å²) < 4.78 is 5.50. The number of hydrogen-bond acceptors (Lipinski definition) is 4. The van der Waals surface area contributed by atoms with Crippen molar-refractivity contribution in [2.75, 3.05) is 20.2 Å². The molecule has 0 amide bonds. The van der Waals surface area contributed by atoms with Gasteiger partial charge in [-0.1, -0.05) is 29.8 Å². The van der Waals surface area contributed by atoms with Crippen LogP contribution in [0.5, 0.6) is 5.75 Å². The molecule has 4 heteroatoms. The van der Waals surface area contributed by atoms with Gasteiger partial charge in [0.25, 0.3) is 0 Å². The van der Waals surface area contributed by atoms with Crippen LogP contribution in [0.1, 0.15) is 30.4 Å². The molecule has 0 bridgehead atoms. The Morgan fingerprint density at radius 1 is 1.26 bits per heavy atom. The fourth-order valence-corrected chi connectivity index (χ4v) is 4.00. The smallest absolute Gasteiger partial charge is 0.129 e. The van der Waals surface area contributed by atoms with Crippen LogP contribution in [-0.2, 0) is 5.75 Å². The molecule has 3 nitrogen and oxygen atoms in total. The van der Waals surface area contributed by atoms with Crippen molar-refractivity contribution in [1.29, 1.82) is 0 Å². The lowest BCUT2D eigenvalue weighted by atomic mass is 10.1. The number of allylic oxidation sites excluding steroid dienone is 2. The summed E-state index contributed by atoms with van der Waals surface area (Å²) in [7, 11) is 1.74. The fourth-order valence-electron chi connectivity index (χ4n) is 2.89. The van der Waals surface area contributed by atoms with Crippen molar-refractivity contribution in [1.82, 2.24) is 5.32 Å². The molecule has 0 aromatic heterocycles. The van der Waals surface area contributed by atoms with Crippen LogP contribution in [0.4, 0.5) is 0 Å². The van der Waals surface area contributed by atoms with Gasteiger partial charge in [0.15, 0.2) is 0 Å². The van der Waals surface area contributed by atoms with E-state index in [-0.39, 0.29) is 0 Å². The Hall–Kier alpha value is -1.68. The van der Waals surface area contributed by atoms with Crippen LogP contribution in [0, 0.1) is 6.92 Å². The lowest BCUT2D eigenvalue weighted by molar-refractivity contribution is 0.411. The lowest BCUT2D eigenvalue weighted by Crippen LogP contribution is -2.31. The Morgan fingerprint density at radius 2 is 2.13 bits per heavy atom. The molecule has 0 saturated carbocycles. The molecule has 23 heavy (non-hydrogen) atoms. The van der Waals surface area contributed by atoms with Gasteiger partial charge >= 0.3 is 0 Å². The maximum absolute atomic E-state index is 5.50. The Balaban J connectivity index is 1.74. The van der Waals surface area contributed by atoms with Gasteiger partial charge in [-0.2, -0.15) is 0 Å². The van der Waals surface area contributed by atoms with Crippen LogP contribution in [-0.4, -0.2) is 26.0 Å². The van der Waals surface area contributed by atoms with Crippen LogP contribution >= 0.6 is 11.8 Å². The van der Waals surface area contributed by atoms with Crippen molar-refractivity contribution in [3.8, 4) is 5.75 Å². The van der Waals surface area contributed by atoms with Crippen molar-refractivity contribution in [2.45, 2.75) is 31.9 Å². The van der Waals surface area contributed by atoms with E-state index >= 15 is 0 Å². The molecule has 3 rings (SSSR count). The molecule has 0 fully saturated rings. The average Bonchev–Trinajstić information content (AvgIpc) is 2.61. The Labute approximate surface area is 142 Å². The van der Waals surface area contributed by atoms with Gasteiger partial charge in [-0.05, 0) is 32.3 Å². The number of methoxy groups -OCH3 is 1. The number of ether oxygens (including phenoxy) is 1. The zero-order chi connectivity index (χ0) is 16.1. The third-order valence-electron chi connectivity index (χ3n) is 4.08. The minimum absolute atomic E-state index is 0.918. The molecule has 0 spiro atoms. The molecule has 1 N–H and O–H groups in total. The Morgan fingerprint density at radius 3 is 2.91 bits per heavy atom. The molecule has 122 valence electrons. The van der Waals surface area contributed by atoms with Crippen molar-refractivity contribution >= 4 is 17.6 Å². The second-order valence-corrected chi connectivity index (χ2v) is 6.90. The molecule has 1 aromatic carbocycles. The predicted octanol–water partition coefficient (Wildman–Crippen LogP) is 4.23. The van der Waals surface area contributed by atoms with E-state index in [9.17, 15) is 0 Å². The number of aryl methyl sites for hydroxylation is 1. The molecule has 1 aliphatic carbocycles. The third-order valence-corrected chi connectivity index (χ3v) is 5.23. The van der Waals surface area contributed by atoms with Crippen LogP contribution in [0.25, 0.3) is 0 Å². The number of thioether (sulfide) groups is 1. The quantitative estimate of drug-likeness (QED) is 0.878. The van der Waals surface area contributed by atoms with Gasteiger partial charge in [-0.3, -0.25) is 4.99 Å². The van der Waals surface area contributed by atoms with Gasteiger partial charge in [-0.25, -0.2) is 0 Å². The van der Waals surface area contributed by atoms with Crippen LogP contribution < -0.4 is 10.1 Å². The first-order valence-corrected chi connectivity index (χ1v) is 9.22. The Kier molecular flexibility index (Phi) is 5.44. The van der Waals surface area contributed by atoms with Gasteiger partial charge in [0, 0.05) is 34.9 Å². The third kappa shape index (κ3) is 3.99. The van der Waals surface area contributed by atoms with E-state index in [1.54, 1.807) is 7.11 Å². The highest BCUT2D eigenvalue weighted by Crippen LogP contribution is 2.34. The van der Waals surface area contributed by atoms with E-state index in [4.69, 9.17) is 4.74 Å². The first kappa shape index (κ1) is 16.2. The minimum atomic E-state index is 0.918. The molecule has 0 atom stereocenters. The number of amidine groups is 1. The molecular weight excluding hydrogens is 304 g/mol. The van der Waals surface area contributed by atoms with E-state index in [0.717, 1.165) is 49.7 Å². The summed E-state index contributed by atoms with van der Waals surface area (Å²) in [5.41, 5.74) is 3.81. The monoisotopic (exact) mass is 328 g/mol. The number of benzene rings is 1. The van der Waals surface area contributed by atoms with Crippen molar-refractivity contribution < 1.29 is 4.74 Å². The van der Waals surface area contributed by atoms with Crippen LogP contribution in [0.3, 0.4) is 0 Å². The Bertz CT molecular complexity index is 661. The van der Waals surface area contributed by atoms with Gasteiger partial charge in [0.1, 0.15) is 11.6 Å². The predicted molar refractivity (Wildman–Crippen MR) is 99.3 cm³/mol. The van der Waals surface area contributed by atoms with Gasteiger partial charge < -0.3 is 10.1 Å². The highest BCUT2D eigenvalue weighted by atomic mass is 32.2. The van der Waals surface area contributed by atoms with E-state index in [1.165, 1.54) is 21.6 Å². The second-order valence-electron chi connectivity index (χ2n) is 5.88. The summed E-state index contributed by atoms with van der Waals surface area (Å²) >= 11 is 1.88. The van der Waals surface area contributed by atoms with Crippen molar-refractivity contribution in [3.05, 3.63) is 52.0 Å². The van der Waals surface area contributed by atoms with Crippen LogP contribution in [0.15, 0.2) is 45.8 Å². The van der Waals surface area contributed by atoms with Gasteiger partial charge in [-0.15, -0.1) is 11.8 Å². The number of aliphatic imine (C=N–C) groups is 1. The van der Waals surface area contributed by atoms with Crippen molar-refractivity contribution in [2.24, 2.45) is 4.99 Å². The van der Waals surface area contributed by atoms with E-state index in [1.807, 2.05) is 11.8 Å². The standard InChI is InChI=1S/C19H24N2OS/c1-14-8-9-17(22-2)15(12-14)13-23-18-7-4-3-6-16(18)19-20-10-5-11-21-19/h6-9,12H,3-5,10-11,13H2,1-2H3,(H,20,21). The highest BCUT2D eigenvalue weighted by Gasteiger charge is 2.17. The largest absolute Gasteiger partial charge is 0.496 e. The fraction of sp³-hybridized carbons (Fsp3) is 0.421. The van der Waals surface area contributed by atoms with Crippen LogP contribution in [0.2, 0.25) is 0 Å². The molecule has 1 aromatic rings.